The molecule has 0 aliphatic heterocycles. The van der Waals surface area contributed by atoms with Crippen molar-refractivity contribution in [3.8, 4) is 11.5 Å². The molecule has 6 heteroatoms. The summed E-state index contributed by atoms with van der Waals surface area (Å²) in [5.41, 5.74) is 3.03. The molecular weight excluding hydrogens is 294 g/mol. The summed E-state index contributed by atoms with van der Waals surface area (Å²) in [5.74, 6) is 1.28. The van der Waals surface area contributed by atoms with E-state index in [9.17, 15) is 4.79 Å². The number of hydrogen-bond acceptors (Lipinski definition) is 4. The van der Waals surface area contributed by atoms with Crippen LogP contribution in [0.4, 0.5) is 0 Å². The molecule has 0 aliphatic rings. The van der Waals surface area contributed by atoms with Gasteiger partial charge in [0.2, 0.25) is 0 Å². The molecule has 0 aliphatic carbocycles. The summed E-state index contributed by atoms with van der Waals surface area (Å²) in [7, 11) is 5.04. The van der Waals surface area contributed by atoms with Crippen LogP contribution in [-0.2, 0) is 7.05 Å². The van der Waals surface area contributed by atoms with Crippen LogP contribution in [0.25, 0.3) is 0 Å². The first-order valence-corrected chi connectivity index (χ1v) is 7.42. The highest BCUT2D eigenvalue weighted by Crippen LogP contribution is 2.29. The van der Waals surface area contributed by atoms with Gasteiger partial charge in [-0.15, -0.1) is 0 Å². The second-order valence-corrected chi connectivity index (χ2v) is 5.47. The summed E-state index contributed by atoms with van der Waals surface area (Å²) < 4.78 is 12.3. The number of aryl methyl sites for hydroxylation is 2. The van der Waals surface area contributed by atoms with E-state index in [0.717, 1.165) is 17.0 Å². The Kier molecular flexibility index (Phi) is 4.93. The second kappa shape index (κ2) is 6.73. The van der Waals surface area contributed by atoms with E-state index >= 15 is 0 Å². The van der Waals surface area contributed by atoms with Crippen LogP contribution < -0.4 is 14.8 Å². The van der Waals surface area contributed by atoms with Crippen molar-refractivity contribution in [3.05, 3.63) is 40.7 Å². The van der Waals surface area contributed by atoms with Crippen molar-refractivity contribution in [1.82, 2.24) is 15.1 Å². The number of aromatic nitrogens is 2. The molecule has 0 radical (unpaired) electrons. The molecule has 1 atom stereocenters. The zero-order chi connectivity index (χ0) is 17.1. The van der Waals surface area contributed by atoms with Crippen molar-refractivity contribution >= 4 is 5.91 Å². The Balaban J connectivity index is 2.28. The summed E-state index contributed by atoms with van der Waals surface area (Å²) in [4.78, 5) is 12.6. The molecule has 124 valence electrons. The lowest BCUT2D eigenvalue weighted by Gasteiger charge is -2.18. The molecule has 1 heterocycles. The molecule has 1 unspecified atom stereocenters. The molecule has 0 spiro atoms. The number of hydrogen-bond donors (Lipinski definition) is 1. The van der Waals surface area contributed by atoms with Gasteiger partial charge >= 0.3 is 0 Å². The second-order valence-electron chi connectivity index (χ2n) is 5.47. The Morgan fingerprint density at radius 1 is 1.26 bits per heavy atom. The molecule has 0 fully saturated rings. The molecule has 0 saturated heterocycles. The van der Waals surface area contributed by atoms with Gasteiger partial charge in [0, 0.05) is 18.3 Å². The Bertz CT molecular complexity index is 722. The maximum Gasteiger partial charge on any atom is 0.255 e. The summed E-state index contributed by atoms with van der Waals surface area (Å²) in [6.45, 7) is 5.63. The molecule has 6 nitrogen and oxygen atoms in total. The number of nitrogens with zero attached hydrogens (tertiary/aromatic N) is 2. The fourth-order valence-corrected chi connectivity index (χ4v) is 2.63. The average Bonchev–Trinajstić information content (AvgIpc) is 2.79. The Morgan fingerprint density at radius 2 is 1.96 bits per heavy atom. The van der Waals surface area contributed by atoms with Crippen molar-refractivity contribution in [3.63, 3.8) is 0 Å². The maximum absolute atomic E-state index is 12.6. The Morgan fingerprint density at radius 3 is 2.48 bits per heavy atom. The van der Waals surface area contributed by atoms with Gasteiger partial charge in [-0.05, 0) is 39.0 Å². The smallest absolute Gasteiger partial charge is 0.255 e. The predicted octanol–water partition coefficient (Wildman–Crippen LogP) is 2.55. The SMILES string of the molecule is COc1ccc(OC)c(C(C)NC(=O)c2c(C)nn(C)c2C)c1. The van der Waals surface area contributed by atoms with Crippen molar-refractivity contribution in [2.75, 3.05) is 14.2 Å². The zero-order valence-electron chi connectivity index (χ0n) is 14.4. The quantitative estimate of drug-likeness (QED) is 0.920. The zero-order valence-corrected chi connectivity index (χ0v) is 14.4. The van der Waals surface area contributed by atoms with E-state index in [1.54, 1.807) is 18.9 Å². The van der Waals surface area contributed by atoms with Crippen molar-refractivity contribution in [2.24, 2.45) is 7.05 Å². The molecule has 1 aromatic heterocycles. The molecule has 23 heavy (non-hydrogen) atoms. The normalized spacial score (nSPS) is 11.9. The predicted molar refractivity (Wildman–Crippen MR) is 88.1 cm³/mol. The van der Waals surface area contributed by atoms with Crippen LogP contribution in [0.1, 0.15) is 40.3 Å². The molecule has 1 amide bonds. The van der Waals surface area contributed by atoms with E-state index in [1.807, 2.05) is 46.0 Å². The van der Waals surface area contributed by atoms with Crippen LogP contribution >= 0.6 is 0 Å². The van der Waals surface area contributed by atoms with Gasteiger partial charge < -0.3 is 14.8 Å². The molecular formula is C17H23N3O3. The Hall–Kier alpha value is -2.50. The first-order chi connectivity index (χ1) is 10.9. The number of methoxy groups -OCH3 is 2. The Labute approximate surface area is 136 Å². The van der Waals surface area contributed by atoms with Gasteiger partial charge in [0.25, 0.3) is 5.91 Å². The number of carbonyl (C=O) groups is 1. The van der Waals surface area contributed by atoms with Gasteiger partial charge in [-0.3, -0.25) is 9.48 Å². The van der Waals surface area contributed by atoms with Gasteiger partial charge in [-0.25, -0.2) is 0 Å². The molecule has 2 rings (SSSR count). The van der Waals surface area contributed by atoms with Gasteiger partial charge in [-0.2, -0.15) is 5.10 Å². The van der Waals surface area contributed by atoms with E-state index in [-0.39, 0.29) is 11.9 Å². The summed E-state index contributed by atoms with van der Waals surface area (Å²) in [6.07, 6.45) is 0. The van der Waals surface area contributed by atoms with Crippen molar-refractivity contribution < 1.29 is 14.3 Å². The highest BCUT2D eigenvalue weighted by molar-refractivity contribution is 5.96. The maximum atomic E-state index is 12.6. The van der Waals surface area contributed by atoms with Crippen LogP contribution in [0, 0.1) is 13.8 Å². The van der Waals surface area contributed by atoms with E-state index in [4.69, 9.17) is 9.47 Å². The minimum atomic E-state index is -0.230. The summed E-state index contributed by atoms with van der Waals surface area (Å²) in [5, 5.41) is 7.29. The molecule has 0 bridgehead atoms. The van der Waals surface area contributed by atoms with Gasteiger partial charge in [-0.1, -0.05) is 0 Å². The topological polar surface area (TPSA) is 65.4 Å². The minimum absolute atomic E-state index is 0.148. The van der Waals surface area contributed by atoms with E-state index in [2.05, 4.69) is 10.4 Å². The standard InChI is InChI=1S/C17H23N3O3/c1-10(14-9-13(22-5)7-8-15(14)23-6)18-17(21)16-11(2)19-20(4)12(16)3/h7-10H,1-6H3,(H,18,21). The fraction of sp³-hybridized carbons (Fsp3) is 0.412. The van der Waals surface area contributed by atoms with Crippen LogP contribution in [-0.4, -0.2) is 29.9 Å². The number of rotatable bonds is 5. The monoisotopic (exact) mass is 317 g/mol. The van der Waals surface area contributed by atoms with Gasteiger partial charge in [0.1, 0.15) is 11.5 Å². The third-order valence-corrected chi connectivity index (χ3v) is 3.99. The molecule has 1 aromatic carbocycles. The van der Waals surface area contributed by atoms with E-state index < -0.39 is 0 Å². The number of nitrogens with one attached hydrogen (secondary N) is 1. The van der Waals surface area contributed by atoms with Gasteiger partial charge in [0.15, 0.2) is 0 Å². The third-order valence-electron chi connectivity index (χ3n) is 3.99. The summed E-state index contributed by atoms with van der Waals surface area (Å²) in [6, 6.07) is 5.29. The lowest BCUT2D eigenvalue weighted by atomic mass is 10.1. The number of ether oxygens (including phenoxy) is 2. The summed E-state index contributed by atoms with van der Waals surface area (Å²) >= 11 is 0. The molecule has 1 N–H and O–H groups in total. The average molecular weight is 317 g/mol. The number of benzene rings is 1. The third kappa shape index (κ3) is 3.31. The van der Waals surface area contributed by atoms with E-state index in [1.165, 1.54) is 0 Å². The minimum Gasteiger partial charge on any atom is -0.497 e. The highest BCUT2D eigenvalue weighted by Gasteiger charge is 2.21. The van der Waals surface area contributed by atoms with Crippen LogP contribution in [0.2, 0.25) is 0 Å². The largest absolute Gasteiger partial charge is 0.497 e. The number of carbonyl (C=O) groups excluding carboxylic acids is 1. The number of amides is 1. The van der Waals surface area contributed by atoms with Crippen LogP contribution in [0.5, 0.6) is 11.5 Å². The molecule has 2 aromatic rings. The van der Waals surface area contributed by atoms with E-state index in [0.29, 0.717) is 17.0 Å². The van der Waals surface area contributed by atoms with Gasteiger partial charge in [0.05, 0.1) is 31.5 Å². The molecule has 0 saturated carbocycles. The lowest BCUT2D eigenvalue weighted by Crippen LogP contribution is -2.28. The lowest BCUT2D eigenvalue weighted by molar-refractivity contribution is 0.0938. The first-order valence-electron chi connectivity index (χ1n) is 7.42. The van der Waals surface area contributed by atoms with Crippen molar-refractivity contribution in [2.45, 2.75) is 26.8 Å². The van der Waals surface area contributed by atoms with Crippen molar-refractivity contribution in [1.29, 1.82) is 0 Å². The van der Waals surface area contributed by atoms with Crippen LogP contribution in [0.15, 0.2) is 18.2 Å². The first kappa shape index (κ1) is 16.9. The van der Waals surface area contributed by atoms with Crippen LogP contribution in [0.3, 0.4) is 0 Å². The highest BCUT2D eigenvalue weighted by atomic mass is 16.5. The fourth-order valence-electron chi connectivity index (χ4n) is 2.63.